The molecule has 0 spiro atoms. The van der Waals surface area contributed by atoms with E-state index in [-0.39, 0.29) is 0 Å². The van der Waals surface area contributed by atoms with E-state index in [9.17, 15) is 0 Å². The van der Waals surface area contributed by atoms with Gasteiger partial charge in [0.1, 0.15) is 0 Å². The summed E-state index contributed by atoms with van der Waals surface area (Å²) >= 11 is 0. The van der Waals surface area contributed by atoms with Gasteiger partial charge in [0, 0.05) is 11.8 Å². The van der Waals surface area contributed by atoms with Crippen molar-refractivity contribution in [2.24, 2.45) is 4.99 Å². The van der Waals surface area contributed by atoms with Crippen molar-refractivity contribution in [1.82, 2.24) is 0 Å². The zero-order valence-corrected chi connectivity index (χ0v) is 10.5. The van der Waals surface area contributed by atoms with E-state index < -0.39 is 0 Å². The Morgan fingerprint density at radius 3 is 2.25 bits per heavy atom. The lowest BCUT2D eigenvalue weighted by molar-refractivity contribution is 1.33. The van der Waals surface area contributed by atoms with Gasteiger partial charge in [0.25, 0.3) is 0 Å². The number of rotatable bonds is 3. The normalized spacial score (nSPS) is 11.2. The van der Waals surface area contributed by atoms with Crippen molar-refractivity contribution in [2.45, 2.75) is 27.7 Å². The summed E-state index contributed by atoms with van der Waals surface area (Å²) in [6, 6.07) is 8.46. The third kappa shape index (κ3) is 3.50. The van der Waals surface area contributed by atoms with Crippen molar-refractivity contribution in [3.8, 4) is 0 Å². The van der Waals surface area contributed by atoms with Crippen LogP contribution in [0.5, 0.6) is 0 Å². The summed E-state index contributed by atoms with van der Waals surface area (Å²) in [5.41, 5.74) is 4.73. The standard InChI is InChI=1S/C15H19N/c1-5-6-11-16-15(12(2)3)14-9-7-13(4)8-10-14/h5-11H,1-4H3/b6-5-,16-11-. The molecule has 0 atom stereocenters. The Hall–Kier alpha value is -1.63. The summed E-state index contributed by atoms with van der Waals surface area (Å²) in [6.07, 6.45) is 5.75. The molecule has 0 N–H and O–H groups in total. The van der Waals surface area contributed by atoms with Gasteiger partial charge in [-0.1, -0.05) is 41.5 Å². The van der Waals surface area contributed by atoms with Gasteiger partial charge in [0.2, 0.25) is 0 Å². The third-order valence-electron chi connectivity index (χ3n) is 2.28. The molecule has 0 aliphatic carbocycles. The minimum absolute atomic E-state index is 1.05. The van der Waals surface area contributed by atoms with Crippen LogP contribution in [0, 0.1) is 6.92 Å². The largest absolute Gasteiger partial charge is 0.256 e. The second kappa shape index (κ2) is 6.06. The van der Waals surface area contributed by atoms with Crippen LogP contribution in [-0.2, 0) is 0 Å². The molecule has 1 nitrogen and oxygen atoms in total. The van der Waals surface area contributed by atoms with E-state index in [2.05, 4.69) is 50.0 Å². The average molecular weight is 213 g/mol. The molecular weight excluding hydrogens is 194 g/mol. The Balaban J connectivity index is 3.05. The summed E-state index contributed by atoms with van der Waals surface area (Å²) in [6.45, 7) is 8.25. The van der Waals surface area contributed by atoms with Crippen LogP contribution >= 0.6 is 0 Å². The van der Waals surface area contributed by atoms with E-state index >= 15 is 0 Å². The van der Waals surface area contributed by atoms with Crippen molar-refractivity contribution in [3.05, 3.63) is 53.1 Å². The van der Waals surface area contributed by atoms with Crippen molar-refractivity contribution in [3.63, 3.8) is 0 Å². The van der Waals surface area contributed by atoms with Gasteiger partial charge in [-0.3, -0.25) is 4.99 Å². The van der Waals surface area contributed by atoms with E-state index in [0.717, 1.165) is 5.70 Å². The first-order valence-corrected chi connectivity index (χ1v) is 5.55. The van der Waals surface area contributed by atoms with E-state index in [1.165, 1.54) is 16.7 Å². The molecule has 0 aliphatic heterocycles. The number of allylic oxidation sites excluding steroid dienone is 3. The van der Waals surface area contributed by atoms with E-state index in [1.807, 2.05) is 25.3 Å². The zero-order chi connectivity index (χ0) is 12.0. The second-order valence-corrected chi connectivity index (χ2v) is 4.02. The number of nitrogens with zero attached hydrogens (tertiary/aromatic N) is 1. The number of aryl methyl sites for hydroxylation is 1. The van der Waals surface area contributed by atoms with E-state index in [1.54, 1.807) is 0 Å². The molecule has 0 saturated carbocycles. The molecule has 0 radical (unpaired) electrons. The molecule has 84 valence electrons. The highest BCUT2D eigenvalue weighted by molar-refractivity contribution is 5.80. The predicted molar refractivity (Wildman–Crippen MR) is 72.8 cm³/mol. The van der Waals surface area contributed by atoms with Gasteiger partial charge >= 0.3 is 0 Å². The molecule has 0 aromatic heterocycles. The zero-order valence-electron chi connectivity index (χ0n) is 10.5. The van der Waals surface area contributed by atoms with E-state index in [4.69, 9.17) is 0 Å². The van der Waals surface area contributed by atoms with Gasteiger partial charge in [-0.25, -0.2) is 0 Å². The average Bonchev–Trinajstić information content (AvgIpc) is 2.26. The number of hydrogen-bond donors (Lipinski definition) is 0. The Morgan fingerprint density at radius 1 is 1.12 bits per heavy atom. The van der Waals surface area contributed by atoms with Gasteiger partial charge in [-0.15, -0.1) is 0 Å². The first kappa shape index (κ1) is 12.4. The first-order valence-electron chi connectivity index (χ1n) is 5.55. The van der Waals surface area contributed by atoms with Crippen LogP contribution in [0.1, 0.15) is 31.9 Å². The van der Waals surface area contributed by atoms with Crippen molar-refractivity contribution < 1.29 is 0 Å². The molecule has 1 heteroatoms. The Kier molecular flexibility index (Phi) is 4.71. The number of hydrogen-bond acceptors (Lipinski definition) is 1. The number of benzene rings is 1. The SMILES string of the molecule is C/C=C\C=N/C(=C(C)C)c1ccc(C)cc1. The van der Waals surface area contributed by atoms with Gasteiger partial charge in [-0.2, -0.15) is 0 Å². The molecule has 1 rings (SSSR count). The van der Waals surface area contributed by atoms with Gasteiger partial charge in [0.05, 0.1) is 5.70 Å². The summed E-state index contributed by atoms with van der Waals surface area (Å²) in [5, 5.41) is 0. The fourth-order valence-electron chi connectivity index (χ4n) is 1.41. The molecule has 0 unspecified atom stereocenters. The fourth-order valence-corrected chi connectivity index (χ4v) is 1.41. The Labute approximate surface area is 98.2 Å². The molecule has 0 heterocycles. The summed E-state index contributed by atoms with van der Waals surface area (Å²) in [4.78, 5) is 4.48. The minimum Gasteiger partial charge on any atom is -0.256 e. The van der Waals surface area contributed by atoms with E-state index in [0.29, 0.717) is 0 Å². The summed E-state index contributed by atoms with van der Waals surface area (Å²) < 4.78 is 0. The molecule has 0 fully saturated rings. The predicted octanol–water partition coefficient (Wildman–Crippen LogP) is 4.39. The van der Waals surface area contributed by atoms with Crippen molar-refractivity contribution >= 4 is 11.9 Å². The molecule has 16 heavy (non-hydrogen) atoms. The van der Waals surface area contributed by atoms with Crippen LogP contribution in [0.3, 0.4) is 0 Å². The molecule has 0 bridgehead atoms. The van der Waals surface area contributed by atoms with Gasteiger partial charge < -0.3 is 0 Å². The highest BCUT2D eigenvalue weighted by Gasteiger charge is 2.00. The van der Waals surface area contributed by atoms with Gasteiger partial charge in [0.15, 0.2) is 0 Å². The lowest BCUT2D eigenvalue weighted by Gasteiger charge is -2.04. The van der Waals surface area contributed by atoms with Crippen LogP contribution in [0.15, 0.2) is 47.0 Å². The van der Waals surface area contributed by atoms with Crippen molar-refractivity contribution in [1.29, 1.82) is 0 Å². The molecule has 1 aromatic rings. The maximum Gasteiger partial charge on any atom is 0.0688 e. The second-order valence-electron chi connectivity index (χ2n) is 4.02. The highest BCUT2D eigenvalue weighted by Crippen LogP contribution is 2.20. The number of aliphatic imine (C=N–C) groups is 1. The maximum atomic E-state index is 4.48. The van der Waals surface area contributed by atoms with Gasteiger partial charge in [-0.05, 0) is 33.8 Å². The smallest absolute Gasteiger partial charge is 0.0688 e. The van der Waals surface area contributed by atoms with Crippen LogP contribution < -0.4 is 0 Å². The molecular formula is C15H19N. The minimum atomic E-state index is 1.05. The summed E-state index contributed by atoms with van der Waals surface area (Å²) in [5.74, 6) is 0. The molecule has 1 aromatic carbocycles. The lowest BCUT2D eigenvalue weighted by Crippen LogP contribution is -1.85. The van der Waals surface area contributed by atoms with Crippen molar-refractivity contribution in [2.75, 3.05) is 0 Å². The third-order valence-corrected chi connectivity index (χ3v) is 2.28. The first-order chi connectivity index (χ1) is 7.65. The molecule has 0 amide bonds. The summed E-state index contributed by atoms with van der Waals surface area (Å²) in [7, 11) is 0. The topological polar surface area (TPSA) is 12.4 Å². The Bertz CT molecular complexity index is 415. The quantitative estimate of drug-likeness (QED) is 0.660. The van der Waals surface area contributed by atoms with Crippen LogP contribution in [-0.4, -0.2) is 6.21 Å². The maximum absolute atomic E-state index is 4.48. The van der Waals surface area contributed by atoms with Crippen LogP contribution in [0.4, 0.5) is 0 Å². The fraction of sp³-hybridized carbons (Fsp3) is 0.267. The molecule has 0 saturated heterocycles. The van der Waals surface area contributed by atoms with Crippen LogP contribution in [0.25, 0.3) is 5.70 Å². The highest BCUT2D eigenvalue weighted by atomic mass is 14.7. The monoisotopic (exact) mass is 213 g/mol. The molecule has 0 aliphatic rings. The van der Waals surface area contributed by atoms with Crippen LogP contribution in [0.2, 0.25) is 0 Å². The Morgan fingerprint density at radius 2 is 1.75 bits per heavy atom. The lowest BCUT2D eigenvalue weighted by atomic mass is 10.1.